The van der Waals surface area contributed by atoms with Gasteiger partial charge < -0.3 is 10.2 Å². The lowest BCUT2D eigenvalue weighted by Crippen LogP contribution is -2.26. The Bertz CT molecular complexity index is 372. The van der Waals surface area contributed by atoms with E-state index in [-0.39, 0.29) is 0 Å². The molecule has 4 heteroatoms. The maximum Gasteiger partial charge on any atom is 0.132 e. The molecule has 0 saturated carbocycles. The van der Waals surface area contributed by atoms with Crippen LogP contribution in [0.15, 0.2) is 0 Å². The fraction of sp³-hybridized carbons (Fsp3) is 0.714. The van der Waals surface area contributed by atoms with Crippen molar-refractivity contribution in [2.45, 2.75) is 40.5 Å². The van der Waals surface area contributed by atoms with Crippen LogP contribution < -0.4 is 5.32 Å². The van der Waals surface area contributed by atoms with Gasteiger partial charge in [0.1, 0.15) is 11.6 Å². The molecule has 0 aliphatic heterocycles. The highest BCUT2D eigenvalue weighted by Crippen LogP contribution is 2.16. The predicted molar refractivity (Wildman–Crippen MR) is 77.2 cm³/mol. The van der Waals surface area contributed by atoms with Crippen molar-refractivity contribution in [3.63, 3.8) is 0 Å². The van der Waals surface area contributed by atoms with E-state index in [4.69, 9.17) is 0 Å². The summed E-state index contributed by atoms with van der Waals surface area (Å²) in [6.45, 7) is 11.8. The average Bonchev–Trinajstić information content (AvgIpc) is 2.39. The molecule has 1 heterocycles. The fourth-order valence-corrected chi connectivity index (χ4v) is 2.19. The first-order valence-electron chi connectivity index (χ1n) is 6.92. The quantitative estimate of drug-likeness (QED) is 0.806. The Morgan fingerprint density at radius 3 is 2.28 bits per heavy atom. The van der Waals surface area contributed by atoms with Crippen molar-refractivity contribution in [3.05, 3.63) is 17.1 Å². The number of anilines is 1. The molecular formula is C14H26N4. The van der Waals surface area contributed by atoms with E-state index < -0.39 is 0 Å². The van der Waals surface area contributed by atoms with E-state index in [2.05, 4.69) is 47.9 Å². The number of aromatic nitrogens is 2. The average molecular weight is 250 g/mol. The normalized spacial score (nSPS) is 11.0. The lowest BCUT2D eigenvalue weighted by Gasteiger charge is -2.18. The number of nitrogens with one attached hydrogen (secondary N) is 1. The van der Waals surface area contributed by atoms with Gasteiger partial charge in [0.15, 0.2) is 0 Å². The molecule has 18 heavy (non-hydrogen) atoms. The van der Waals surface area contributed by atoms with Crippen LogP contribution in [0.25, 0.3) is 0 Å². The van der Waals surface area contributed by atoms with Crippen LogP contribution in [0.1, 0.15) is 37.9 Å². The molecule has 0 radical (unpaired) electrons. The molecule has 0 bridgehead atoms. The molecular weight excluding hydrogens is 224 g/mol. The molecule has 0 saturated heterocycles. The van der Waals surface area contributed by atoms with Crippen molar-refractivity contribution >= 4 is 5.82 Å². The number of hydrogen-bond acceptors (Lipinski definition) is 4. The van der Waals surface area contributed by atoms with E-state index >= 15 is 0 Å². The fourth-order valence-electron chi connectivity index (χ4n) is 2.19. The van der Waals surface area contributed by atoms with Gasteiger partial charge in [-0.25, -0.2) is 9.97 Å². The second-order valence-electron chi connectivity index (χ2n) is 4.43. The number of rotatable bonds is 7. The van der Waals surface area contributed by atoms with Crippen molar-refractivity contribution in [2.75, 3.05) is 32.0 Å². The van der Waals surface area contributed by atoms with Crippen LogP contribution in [0.3, 0.4) is 0 Å². The molecule has 0 spiro atoms. The minimum Gasteiger partial charge on any atom is -0.373 e. The van der Waals surface area contributed by atoms with Gasteiger partial charge in [-0.3, -0.25) is 0 Å². The molecule has 1 aromatic rings. The second-order valence-corrected chi connectivity index (χ2v) is 4.43. The maximum atomic E-state index is 4.62. The third kappa shape index (κ3) is 3.67. The minimum absolute atomic E-state index is 0.918. The molecule has 0 unspecified atom stereocenters. The molecule has 1 rings (SSSR count). The van der Waals surface area contributed by atoms with Crippen LogP contribution in [-0.4, -0.2) is 41.5 Å². The number of likely N-dealkylation sites (N-methyl/N-ethyl adjacent to an activating group) is 1. The van der Waals surface area contributed by atoms with Crippen molar-refractivity contribution in [1.82, 2.24) is 14.9 Å². The molecule has 102 valence electrons. The molecule has 0 atom stereocenters. The van der Waals surface area contributed by atoms with Crippen LogP contribution in [0.2, 0.25) is 0 Å². The van der Waals surface area contributed by atoms with Crippen molar-refractivity contribution in [1.29, 1.82) is 0 Å². The Labute approximate surface area is 111 Å². The number of aryl methyl sites for hydroxylation is 1. The zero-order valence-corrected chi connectivity index (χ0v) is 12.4. The molecule has 0 amide bonds. The molecule has 0 aromatic carbocycles. The Morgan fingerprint density at radius 1 is 1.11 bits per heavy atom. The summed E-state index contributed by atoms with van der Waals surface area (Å²) in [4.78, 5) is 11.6. The second kappa shape index (κ2) is 7.31. The summed E-state index contributed by atoms with van der Waals surface area (Å²) < 4.78 is 0. The van der Waals surface area contributed by atoms with Crippen LogP contribution >= 0.6 is 0 Å². The molecule has 0 aliphatic rings. The standard InChI is InChI=1S/C14H26N4/c1-6-12-11(4)16-13(17-14(12)15-5)9-10-18(7-2)8-3/h6-10H2,1-5H3,(H,15,16,17). The van der Waals surface area contributed by atoms with Crippen molar-refractivity contribution in [3.8, 4) is 0 Å². The summed E-state index contributed by atoms with van der Waals surface area (Å²) in [6, 6.07) is 0. The summed E-state index contributed by atoms with van der Waals surface area (Å²) in [5, 5.41) is 3.18. The van der Waals surface area contributed by atoms with Gasteiger partial charge >= 0.3 is 0 Å². The third-order valence-electron chi connectivity index (χ3n) is 3.40. The first-order chi connectivity index (χ1) is 8.65. The Morgan fingerprint density at radius 2 is 1.78 bits per heavy atom. The number of nitrogens with zero attached hydrogens (tertiary/aromatic N) is 3. The highest BCUT2D eigenvalue weighted by Gasteiger charge is 2.09. The molecule has 1 N–H and O–H groups in total. The van der Waals surface area contributed by atoms with Gasteiger partial charge in [-0.15, -0.1) is 0 Å². The smallest absolute Gasteiger partial charge is 0.132 e. The SMILES string of the molecule is CCc1c(C)nc(CCN(CC)CC)nc1NC. The van der Waals surface area contributed by atoms with Gasteiger partial charge in [0.2, 0.25) is 0 Å². The first-order valence-corrected chi connectivity index (χ1v) is 6.92. The van der Waals surface area contributed by atoms with Crippen LogP contribution in [0.5, 0.6) is 0 Å². The first kappa shape index (κ1) is 14.9. The maximum absolute atomic E-state index is 4.62. The molecule has 0 aliphatic carbocycles. The van der Waals surface area contributed by atoms with E-state index in [1.54, 1.807) is 0 Å². The van der Waals surface area contributed by atoms with Gasteiger partial charge in [-0.05, 0) is 26.4 Å². The lowest BCUT2D eigenvalue weighted by molar-refractivity contribution is 0.305. The topological polar surface area (TPSA) is 41.1 Å². The van der Waals surface area contributed by atoms with Gasteiger partial charge in [0, 0.05) is 31.3 Å². The van der Waals surface area contributed by atoms with Crippen LogP contribution in [0.4, 0.5) is 5.82 Å². The Hall–Kier alpha value is -1.16. The van der Waals surface area contributed by atoms with E-state index in [0.29, 0.717) is 0 Å². The summed E-state index contributed by atoms with van der Waals surface area (Å²) in [5.41, 5.74) is 2.33. The Kier molecular flexibility index (Phi) is 6.05. The van der Waals surface area contributed by atoms with E-state index in [9.17, 15) is 0 Å². The molecule has 1 aromatic heterocycles. The molecule has 4 nitrogen and oxygen atoms in total. The van der Waals surface area contributed by atoms with E-state index in [1.165, 1.54) is 5.56 Å². The van der Waals surface area contributed by atoms with Crippen molar-refractivity contribution in [2.24, 2.45) is 0 Å². The van der Waals surface area contributed by atoms with Gasteiger partial charge in [0.25, 0.3) is 0 Å². The van der Waals surface area contributed by atoms with Crippen molar-refractivity contribution < 1.29 is 0 Å². The Balaban J connectivity index is 2.81. The van der Waals surface area contributed by atoms with E-state index in [0.717, 1.165) is 49.8 Å². The largest absolute Gasteiger partial charge is 0.373 e. The van der Waals surface area contributed by atoms with Crippen LogP contribution in [0, 0.1) is 6.92 Å². The third-order valence-corrected chi connectivity index (χ3v) is 3.40. The highest BCUT2D eigenvalue weighted by atomic mass is 15.1. The van der Waals surface area contributed by atoms with Gasteiger partial charge in [-0.1, -0.05) is 20.8 Å². The summed E-state index contributed by atoms with van der Waals surface area (Å²) >= 11 is 0. The van der Waals surface area contributed by atoms with E-state index in [1.807, 2.05) is 7.05 Å². The van der Waals surface area contributed by atoms with Gasteiger partial charge in [0.05, 0.1) is 0 Å². The van der Waals surface area contributed by atoms with Gasteiger partial charge in [-0.2, -0.15) is 0 Å². The van der Waals surface area contributed by atoms with Crippen LogP contribution in [-0.2, 0) is 12.8 Å². The molecule has 0 fully saturated rings. The summed E-state index contributed by atoms with van der Waals surface area (Å²) in [5.74, 6) is 1.93. The number of hydrogen-bond donors (Lipinski definition) is 1. The zero-order valence-electron chi connectivity index (χ0n) is 12.4. The summed E-state index contributed by atoms with van der Waals surface area (Å²) in [7, 11) is 1.93. The summed E-state index contributed by atoms with van der Waals surface area (Å²) in [6.07, 6.45) is 1.89. The monoisotopic (exact) mass is 250 g/mol. The minimum atomic E-state index is 0.918. The lowest BCUT2D eigenvalue weighted by atomic mass is 10.1. The highest BCUT2D eigenvalue weighted by molar-refractivity contribution is 5.45. The predicted octanol–water partition coefficient (Wildman–Crippen LogP) is 2.27. The zero-order chi connectivity index (χ0) is 13.5.